The minimum Gasteiger partial charge on any atom is -0.340 e. The van der Waals surface area contributed by atoms with Crippen molar-refractivity contribution in [2.75, 3.05) is 0 Å². The molecule has 0 fully saturated rings. The highest BCUT2D eigenvalue weighted by atomic mass is 79.9. The smallest absolute Gasteiger partial charge is 0.255 e. The van der Waals surface area contributed by atoms with Crippen molar-refractivity contribution in [1.82, 2.24) is 5.32 Å². The molecule has 0 radical (unpaired) electrons. The molecule has 1 N–H and O–H groups in total. The van der Waals surface area contributed by atoms with Gasteiger partial charge in [0.2, 0.25) is 0 Å². The van der Waals surface area contributed by atoms with Crippen molar-refractivity contribution < 1.29 is 13.6 Å². The van der Waals surface area contributed by atoms with Crippen LogP contribution >= 0.6 is 27.3 Å². The molecule has 0 bridgehead atoms. The van der Waals surface area contributed by atoms with E-state index in [1.54, 1.807) is 12.1 Å². The monoisotopic (exact) mass is 407 g/mol. The number of carbonyl (C=O) groups excluding carboxylic acids is 1. The fourth-order valence-corrected chi connectivity index (χ4v) is 3.47. The molecule has 1 amide bonds. The Kier molecular flexibility index (Phi) is 5.06. The van der Waals surface area contributed by atoms with E-state index >= 15 is 0 Å². The van der Waals surface area contributed by atoms with Crippen molar-refractivity contribution in [1.29, 1.82) is 0 Å². The summed E-state index contributed by atoms with van der Waals surface area (Å²) in [5.74, 6) is -1.48. The van der Waals surface area contributed by atoms with Gasteiger partial charge in [-0.1, -0.05) is 34.1 Å². The molecule has 0 spiro atoms. The molecule has 2 nitrogen and oxygen atoms in total. The number of amides is 1. The van der Waals surface area contributed by atoms with Crippen molar-refractivity contribution in [2.45, 2.75) is 6.04 Å². The van der Waals surface area contributed by atoms with E-state index in [0.29, 0.717) is 4.47 Å². The van der Waals surface area contributed by atoms with Gasteiger partial charge in [0.25, 0.3) is 5.91 Å². The summed E-state index contributed by atoms with van der Waals surface area (Å²) in [4.78, 5) is 13.4. The van der Waals surface area contributed by atoms with Crippen LogP contribution in [-0.2, 0) is 0 Å². The van der Waals surface area contributed by atoms with E-state index in [1.807, 2.05) is 17.5 Å². The molecule has 3 aromatic rings. The molecule has 1 atom stereocenters. The van der Waals surface area contributed by atoms with Gasteiger partial charge in [-0.15, -0.1) is 11.3 Å². The molecule has 1 aromatic heterocycles. The Hall–Kier alpha value is -2.05. The summed E-state index contributed by atoms with van der Waals surface area (Å²) in [7, 11) is 0. The zero-order chi connectivity index (χ0) is 17.1. The molecule has 0 saturated heterocycles. The maximum absolute atomic E-state index is 13.9. The lowest BCUT2D eigenvalue weighted by atomic mass is 10.0. The molecule has 1 heterocycles. The Morgan fingerprint density at radius 3 is 2.50 bits per heavy atom. The van der Waals surface area contributed by atoms with Crippen molar-refractivity contribution >= 4 is 33.2 Å². The van der Waals surface area contributed by atoms with E-state index in [0.717, 1.165) is 10.4 Å². The topological polar surface area (TPSA) is 29.1 Å². The average Bonchev–Trinajstić information content (AvgIpc) is 3.10. The normalized spacial score (nSPS) is 12.0. The minimum absolute atomic E-state index is 0.0481. The number of hydrogen-bond donors (Lipinski definition) is 1. The predicted molar refractivity (Wildman–Crippen MR) is 94.1 cm³/mol. The third kappa shape index (κ3) is 3.71. The van der Waals surface area contributed by atoms with Gasteiger partial charge in [-0.3, -0.25) is 4.79 Å². The van der Waals surface area contributed by atoms with Crippen molar-refractivity contribution in [2.24, 2.45) is 0 Å². The second-order valence-electron chi connectivity index (χ2n) is 5.10. The molecule has 6 heteroatoms. The predicted octanol–water partition coefficient (Wildman–Crippen LogP) is 5.31. The van der Waals surface area contributed by atoms with E-state index in [1.165, 1.54) is 41.7 Å². The first-order valence-corrected chi connectivity index (χ1v) is 8.76. The lowest BCUT2D eigenvalue weighted by molar-refractivity contribution is 0.0939. The summed E-state index contributed by atoms with van der Waals surface area (Å²) in [6.07, 6.45) is 0. The number of hydrogen-bond acceptors (Lipinski definition) is 2. The van der Waals surface area contributed by atoms with Gasteiger partial charge in [0.1, 0.15) is 11.6 Å². The average molecular weight is 408 g/mol. The highest BCUT2D eigenvalue weighted by molar-refractivity contribution is 9.10. The third-order valence-electron chi connectivity index (χ3n) is 3.48. The lowest BCUT2D eigenvalue weighted by Gasteiger charge is -2.18. The van der Waals surface area contributed by atoms with Gasteiger partial charge < -0.3 is 5.32 Å². The van der Waals surface area contributed by atoms with Crippen molar-refractivity contribution in [3.63, 3.8) is 0 Å². The van der Waals surface area contributed by atoms with Crippen LogP contribution in [0.5, 0.6) is 0 Å². The van der Waals surface area contributed by atoms with Crippen LogP contribution in [0.25, 0.3) is 0 Å². The molecular weight excluding hydrogens is 396 g/mol. The van der Waals surface area contributed by atoms with Gasteiger partial charge in [-0.05, 0) is 47.3 Å². The summed E-state index contributed by atoms with van der Waals surface area (Å²) in [6, 6.07) is 13.3. The van der Waals surface area contributed by atoms with E-state index in [2.05, 4.69) is 21.2 Å². The fourth-order valence-electron chi connectivity index (χ4n) is 2.31. The van der Waals surface area contributed by atoms with Crippen LogP contribution in [0, 0.1) is 11.6 Å². The number of benzene rings is 2. The van der Waals surface area contributed by atoms with Crippen LogP contribution in [0.2, 0.25) is 0 Å². The highest BCUT2D eigenvalue weighted by Gasteiger charge is 2.21. The summed E-state index contributed by atoms with van der Waals surface area (Å²) >= 11 is 4.70. The Balaban J connectivity index is 1.93. The standard InChI is InChI=1S/C18H12BrF2NOS/c19-12-5-8-15(21)14(10-12)18(23)22-17(16-2-1-9-24-16)11-3-6-13(20)7-4-11/h1-10,17H,(H,22,23). The first kappa shape index (κ1) is 16.8. The number of rotatable bonds is 4. The number of carbonyl (C=O) groups is 1. The van der Waals surface area contributed by atoms with Crippen LogP contribution in [0.3, 0.4) is 0 Å². The van der Waals surface area contributed by atoms with E-state index < -0.39 is 17.8 Å². The minimum atomic E-state index is -0.597. The van der Waals surface area contributed by atoms with Crippen LogP contribution in [0.15, 0.2) is 64.5 Å². The zero-order valence-electron chi connectivity index (χ0n) is 12.3. The summed E-state index contributed by atoms with van der Waals surface area (Å²) in [5, 5.41) is 4.71. The molecule has 2 aromatic carbocycles. The number of nitrogens with one attached hydrogen (secondary N) is 1. The summed E-state index contributed by atoms with van der Waals surface area (Å²) in [5.41, 5.74) is 0.677. The number of halogens is 3. The second-order valence-corrected chi connectivity index (χ2v) is 6.99. The first-order chi connectivity index (χ1) is 11.5. The van der Waals surface area contributed by atoms with Crippen molar-refractivity contribution in [3.05, 3.63) is 92.1 Å². The van der Waals surface area contributed by atoms with Gasteiger partial charge in [0.15, 0.2) is 0 Å². The second kappa shape index (κ2) is 7.23. The van der Waals surface area contributed by atoms with E-state index in [-0.39, 0.29) is 11.4 Å². The summed E-state index contributed by atoms with van der Waals surface area (Å²) < 4.78 is 27.7. The van der Waals surface area contributed by atoms with Gasteiger partial charge in [0.05, 0.1) is 11.6 Å². The SMILES string of the molecule is O=C(NC(c1ccc(F)cc1)c1cccs1)c1cc(Br)ccc1F. The molecule has 0 saturated carbocycles. The molecule has 0 aliphatic carbocycles. The molecule has 0 aliphatic heterocycles. The lowest BCUT2D eigenvalue weighted by Crippen LogP contribution is -2.29. The zero-order valence-corrected chi connectivity index (χ0v) is 14.7. The molecular formula is C18H12BrF2NOS. The van der Waals surface area contributed by atoms with Crippen LogP contribution in [-0.4, -0.2) is 5.91 Å². The van der Waals surface area contributed by atoms with Gasteiger partial charge >= 0.3 is 0 Å². The molecule has 1 unspecified atom stereocenters. The third-order valence-corrected chi connectivity index (χ3v) is 4.91. The molecule has 122 valence electrons. The molecule has 3 rings (SSSR count). The maximum Gasteiger partial charge on any atom is 0.255 e. The van der Waals surface area contributed by atoms with Crippen LogP contribution in [0.4, 0.5) is 8.78 Å². The quantitative estimate of drug-likeness (QED) is 0.623. The van der Waals surface area contributed by atoms with Crippen LogP contribution < -0.4 is 5.32 Å². The van der Waals surface area contributed by atoms with Gasteiger partial charge in [0, 0.05) is 9.35 Å². The van der Waals surface area contributed by atoms with E-state index in [9.17, 15) is 13.6 Å². The first-order valence-electron chi connectivity index (χ1n) is 7.09. The van der Waals surface area contributed by atoms with E-state index in [4.69, 9.17) is 0 Å². The number of thiophene rings is 1. The Morgan fingerprint density at radius 1 is 1.08 bits per heavy atom. The Morgan fingerprint density at radius 2 is 1.83 bits per heavy atom. The van der Waals surface area contributed by atoms with Gasteiger partial charge in [-0.25, -0.2) is 8.78 Å². The Labute approximate surface area is 150 Å². The summed E-state index contributed by atoms with van der Waals surface area (Å²) in [6.45, 7) is 0. The van der Waals surface area contributed by atoms with Crippen LogP contribution in [0.1, 0.15) is 26.8 Å². The maximum atomic E-state index is 13.9. The molecule has 0 aliphatic rings. The molecule has 24 heavy (non-hydrogen) atoms. The fraction of sp³-hybridized carbons (Fsp3) is 0.0556. The van der Waals surface area contributed by atoms with Crippen molar-refractivity contribution in [3.8, 4) is 0 Å². The Bertz CT molecular complexity index is 850. The highest BCUT2D eigenvalue weighted by Crippen LogP contribution is 2.27. The largest absolute Gasteiger partial charge is 0.340 e. The van der Waals surface area contributed by atoms with Gasteiger partial charge in [-0.2, -0.15) is 0 Å².